The molecule has 0 radical (unpaired) electrons. The first-order valence-corrected chi connectivity index (χ1v) is 5.89. The van der Waals surface area contributed by atoms with Crippen LogP contribution in [0.4, 0.5) is 0 Å². The van der Waals surface area contributed by atoms with Gasteiger partial charge in [-0.1, -0.05) is 6.07 Å². The molecule has 5 heteroatoms. The average Bonchev–Trinajstić information content (AvgIpc) is 2.34. The minimum absolute atomic E-state index is 0.00232. The minimum Gasteiger partial charge on any atom is -0.299 e. The number of amides is 2. The SMILES string of the molecule is O=C(Cc1cccnc1)C[C@@H]1CCC(=O)NC1=O. The summed E-state index contributed by atoms with van der Waals surface area (Å²) >= 11 is 0. The number of rotatable bonds is 4. The first-order chi connectivity index (χ1) is 8.65. The predicted molar refractivity (Wildman–Crippen MR) is 63.4 cm³/mol. The summed E-state index contributed by atoms with van der Waals surface area (Å²) in [6.45, 7) is 0. The molecule has 0 aromatic carbocycles. The van der Waals surface area contributed by atoms with Crippen LogP contribution in [-0.4, -0.2) is 22.6 Å². The maximum atomic E-state index is 11.8. The minimum atomic E-state index is -0.369. The maximum Gasteiger partial charge on any atom is 0.230 e. The van der Waals surface area contributed by atoms with Gasteiger partial charge < -0.3 is 0 Å². The topological polar surface area (TPSA) is 76.1 Å². The molecule has 2 amide bonds. The lowest BCUT2D eigenvalue weighted by Gasteiger charge is -2.19. The highest BCUT2D eigenvalue weighted by atomic mass is 16.2. The number of Topliss-reactive ketones (excluding diaryl/α,β-unsaturated/α-hetero) is 1. The monoisotopic (exact) mass is 246 g/mol. The van der Waals surface area contributed by atoms with Crippen molar-refractivity contribution >= 4 is 17.6 Å². The van der Waals surface area contributed by atoms with Crippen molar-refractivity contribution in [2.75, 3.05) is 0 Å². The number of ketones is 1. The van der Waals surface area contributed by atoms with Crippen LogP contribution in [0.2, 0.25) is 0 Å². The molecule has 2 rings (SSSR count). The predicted octanol–water partition coefficient (Wildman–Crippen LogP) is 0.636. The molecule has 18 heavy (non-hydrogen) atoms. The van der Waals surface area contributed by atoms with Crippen LogP contribution >= 0.6 is 0 Å². The molecule has 1 atom stereocenters. The van der Waals surface area contributed by atoms with Gasteiger partial charge in [0.1, 0.15) is 5.78 Å². The maximum absolute atomic E-state index is 11.8. The number of hydrogen-bond acceptors (Lipinski definition) is 4. The van der Waals surface area contributed by atoms with Crippen LogP contribution < -0.4 is 5.32 Å². The third kappa shape index (κ3) is 3.23. The Labute approximate surface area is 105 Å². The van der Waals surface area contributed by atoms with Gasteiger partial charge in [-0.3, -0.25) is 24.7 Å². The molecular formula is C13H14N2O3. The standard InChI is InChI=1S/C13H14N2O3/c16-11(6-9-2-1-5-14-8-9)7-10-3-4-12(17)15-13(10)18/h1-2,5,8,10H,3-4,6-7H2,(H,15,17,18)/t10-/m0/s1. The van der Waals surface area contributed by atoms with Gasteiger partial charge in [0.15, 0.2) is 0 Å². The highest BCUT2D eigenvalue weighted by Gasteiger charge is 2.28. The van der Waals surface area contributed by atoms with Crippen molar-refractivity contribution in [2.24, 2.45) is 5.92 Å². The second-order valence-corrected chi connectivity index (χ2v) is 4.43. The zero-order chi connectivity index (χ0) is 13.0. The Morgan fingerprint density at radius 2 is 2.28 bits per heavy atom. The van der Waals surface area contributed by atoms with Crippen molar-refractivity contribution in [1.29, 1.82) is 0 Å². The molecule has 1 saturated heterocycles. The van der Waals surface area contributed by atoms with E-state index in [-0.39, 0.29) is 36.4 Å². The van der Waals surface area contributed by atoms with Crippen LogP contribution in [0.3, 0.4) is 0 Å². The smallest absolute Gasteiger partial charge is 0.230 e. The van der Waals surface area contributed by atoms with Gasteiger partial charge in [0.05, 0.1) is 0 Å². The number of carbonyl (C=O) groups excluding carboxylic acids is 3. The third-order valence-corrected chi connectivity index (χ3v) is 2.95. The van der Waals surface area contributed by atoms with Gasteiger partial charge in [-0.15, -0.1) is 0 Å². The summed E-state index contributed by atoms with van der Waals surface area (Å²) in [6, 6.07) is 3.60. The van der Waals surface area contributed by atoms with Gasteiger partial charge in [-0.25, -0.2) is 0 Å². The van der Waals surface area contributed by atoms with E-state index < -0.39 is 0 Å². The second-order valence-electron chi connectivity index (χ2n) is 4.43. The number of pyridine rings is 1. The fraction of sp³-hybridized carbons (Fsp3) is 0.385. The van der Waals surface area contributed by atoms with E-state index in [0.717, 1.165) is 5.56 Å². The van der Waals surface area contributed by atoms with Crippen molar-refractivity contribution in [3.05, 3.63) is 30.1 Å². The van der Waals surface area contributed by atoms with E-state index in [4.69, 9.17) is 0 Å². The average molecular weight is 246 g/mol. The van der Waals surface area contributed by atoms with Crippen LogP contribution in [-0.2, 0) is 20.8 Å². The Hall–Kier alpha value is -2.04. The molecule has 1 aliphatic rings. The van der Waals surface area contributed by atoms with E-state index in [2.05, 4.69) is 10.3 Å². The third-order valence-electron chi connectivity index (χ3n) is 2.95. The summed E-state index contributed by atoms with van der Waals surface area (Å²) in [4.78, 5) is 38.2. The largest absolute Gasteiger partial charge is 0.299 e. The summed E-state index contributed by atoms with van der Waals surface area (Å²) in [7, 11) is 0. The van der Waals surface area contributed by atoms with E-state index in [1.54, 1.807) is 18.5 Å². The lowest BCUT2D eigenvalue weighted by atomic mass is 9.91. The molecule has 1 aliphatic heterocycles. The number of nitrogens with zero attached hydrogens (tertiary/aromatic N) is 1. The van der Waals surface area contributed by atoms with Crippen LogP contribution in [0, 0.1) is 5.92 Å². The van der Waals surface area contributed by atoms with Crippen LogP contribution in [0.5, 0.6) is 0 Å². The van der Waals surface area contributed by atoms with Crippen molar-refractivity contribution < 1.29 is 14.4 Å². The molecule has 1 aromatic heterocycles. The number of carbonyl (C=O) groups is 3. The van der Waals surface area contributed by atoms with E-state index in [9.17, 15) is 14.4 Å². The lowest BCUT2D eigenvalue weighted by molar-refractivity contribution is -0.138. The van der Waals surface area contributed by atoms with E-state index >= 15 is 0 Å². The molecule has 0 saturated carbocycles. The Bertz CT molecular complexity index is 470. The van der Waals surface area contributed by atoms with Crippen molar-refractivity contribution in [3.63, 3.8) is 0 Å². The highest BCUT2D eigenvalue weighted by molar-refractivity contribution is 6.00. The summed E-state index contributed by atoms with van der Waals surface area (Å²) in [5, 5.41) is 2.26. The number of imide groups is 1. The number of aromatic nitrogens is 1. The number of hydrogen-bond donors (Lipinski definition) is 1. The molecule has 2 heterocycles. The first-order valence-electron chi connectivity index (χ1n) is 5.89. The molecule has 94 valence electrons. The Kier molecular flexibility index (Phi) is 3.82. The highest BCUT2D eigenvalue weighted by Crippen LogP contribution is 2.17. The number of piperidine rings is 1. The fourth-order valence-corrected chi connectivity index (χ4v) is 2.01. The summed E-state index contributed by atoms with van der Waals surface area (Å²) in [5.74, 6) is -0.953. The molecule has 5 nitrogen and oxygen atoms in total. The van der Waals surface area contributed by atoms with E-state index in [1.165, 1.54) is 0 Å². The summed E-state index contributed by atoms with van der Waals surface area (Å²) in [5.41, 5.74) is 0.842. The molecule has 0 spiro atoms. The Morgan fingerprint density at radius 3 is 2.94 bits per heavy atom. The summed E-state index contributed by atoms with van der Waals surface area (Å²) < 4.78 is 0. The molecule has 1 N–H and O–H groups in total. The van der Waals surface area contributed by atoms with Crippen molar-refractivity contribution in [2.45, 2.75) is 25.7 Å². The first kappa shape index (κ1) is 12.4. The molecule has 1 aromatic rings. The summed E-state index contributed by atoms with van der Waals surface area (Å²) in [6.07, 6.45) is 4.54. The van der Waals surface area contributed by atoms with E-state index in [0.29, 0.717) is 12.8 Å². The van der Waals surface area contributed by atoms with Gasteiger partial charge in [0.2, 0.25) is 11.8 Å². The van der Waals surface area contributed by atoms with Crippen LogP contribution in [0.25, 0.3) is 0 Å². The Morgan fingerprint density at radius 1 is 1.44 bits per heavy atom. The van der Waals surface area contributed by atoms with Gasteiger partial charge in [0.25, 0.3) is 0 Å². The molecule has 0 unspecified atom stereocenters. The van der Waals surface area contributed by atoms with Gasteiger partial charge in [-0.05, 0) is 18.1 Å². The lowest BCUT2D eigenvalue weighted by Crippen LogP contribution is -2.41. The van der Waals surface area contributed by atoms with Gasteiger partial charge in [0, 0.05) is 37.6 Å². The van der Waals surface area contributed by atoms with Gasteiger partial charge in [-0.2, -0.15) is 0 Å². The van der Waals surface area contributed by atoms with Crippen LogP contribution in [0.1, 0.15) is 24.8 Å². The quantitative estimate of drug-likeness (QED) is 0.791. The molecule has 0 aliphatic carbocycles. The molecular weight excluding hydrogens is 232 g/mol. The zero-order valence-corrected chi connectivity index (χ0v) is 9.89. The molecule has 0 bridgehead atoms. The molecule has 1 fully saturated rings. The number of nitrogens with one attached hydrogen (secondary N) is 1. The van der Waals surface area contributed by atoms with Crippen molar-refractivity contribution in [1.82, 2.24) is 10.3 Å². The van der Waals surface area contributed by atoms with Crippen LogP contribution in [0.15, 0.2) is 24.5 Å². The normalized spacial score (nSPS) is 19.4. The fourth-order valence-electron chi connectivity index (χ4n) is 2.01. The van der Waals surface area contributed by atoms with Crippen molar-refractivity contribution in [3.8, 4) is 0 Å². The zero-order valence-electron chi connectivity index (χ0n) is 9.89. The Balaban J connectivity index is 1.88. The van der Waals surface area contributed by atoms with E-state index in [1.807, 2.05) is 6.07 Å². The van der Waals surface area contributed by atoms with Gasteiger partial charge >= 0.3 is 0 Å². The second kappa shape index (κ2) is 5.53.